The number of hydrogen-bond acceptors (Lipinski definition) is 6. The number of carbonyl (C=O) groups excluding carboxylic acids is 1. The number of aryl methyl sites for hydroxylation is 1. The van der Waals surface area contributed by atoms with Gasteiger partial charge in [0.2, 0.25) is 0 Å². The molecule has 32 heavy (non-hydrogen) atoms. The summed E-state index contributed by atoms with van der Waals surface area (Å²) in [5, 5.41) is 13.7. The maximum Gasteiger partial charge on any atom is 0.343 e. The first-order valence-corrected chi connectivity index (χ1v) is 10.5. The number of hydrogen-bond donors (Lipinski definition) is 2. The molecule has 6 nitrogen and oxygen atoms in total. The second-order valence-electron chi connectivity index (χ2n) is 7.48. The van der Waals surface area contributed by atoms with Gasteiger partial charge in [-0.1, -0.05) is 35.9 Å². The van der Waals surface area contributed by atoms with Crippen molar-refractivity contribution in [1.29, 1.82) is 0 Å². The second-order valence-corrected chi connectivity index (χ2v) is 7.48. The molecule has 0 heterocycles. The van der Waals surface area contributed by atoms with E-state index >= 15 is 0 Å². The molecule has 0 amide bonds. The van der Waals surface area contributed by atoms with Crippen LogP contribution < -0.4 is 19.5 Å². The van der Waals surface area contributed by atoms with E-state index in [2.05, 4.69) is 5.32 Å². The monoisotopic (exact) mass is 435 g/mol. The lowest BCUT2D eigenvalue weighted by Gasteiger charge is -2.14. The Morgan fingerprint density at radius 2 is 1.62 bits per heavy atom. The Morgan fingerprint density at radius 3 is 2.28 bits per heavy atom. The largest absolute Gasteiger partial charge is 0.493 e. The number of ether oxygens (including phenoxy) is 3. The molecule has 2 N–H and O–H groups in total. The molecule has 0 saturated carbocycles. The van der Waals surface area contributed by atoms with Crippen LogP contribution in [0.4, 0.5) is 0 Å². The zero-order chi connectivity index (χ0) is 22.9. The summed E-state index contributed by atoms with van der Waals surface area (Å²) in [6.45, 7) is 3.08. The zero-order valence-corrected chi connectivity index (χ0v) is 18.6. The number of aliphatic hydroxyl groups excluding tert-OH is 1. The van der Waals surface area contributed by atoms with Gasteiger partial charge in [-0.25, -0.2) is 4.79 Å². The molecule has 168 valence electrons. The number of benzene rings is 3. The van der Waals surface area contributed by atoms with Gasteiger partial charge in [-0.3, -0.25) is 0 Å². The van der Waals surface area contributed by atoms with Crippen LogP contribution in [0.2, 0.25) is 0 Å². The quantitative estimate of drug-likeness (QED) is 0.284. The van der Waals surface area contributed by atoms with Crippen LogP contribution in [0, 0.1) is 6.92 Å². The molecule has 0 aromatic heterocycles. The van der Waals surface area contributed by atoms with Crippen LogP contribution in [-0.4, -0.2) is 38.4 Å². The summed E-state index contributed by atoms with van der Waals surface area (Å²) in [4.78, 5) is 12.2. The summed E-state index contributed by atoms with van der Waals surface area (Å²) in [7, 11) is 3.23. The Labute approximate surface area is 188 Å². The fourth-order valence-electron chi connectivity index (χ4n) is 3.24. The molecule has 0 aliphatic rings. The first kappa shape index (κ1) is 23.3. The molecule has 3 aromatic carbocycles. The predicted molar refractivity (Wildman–Crippen MR) is 124 cm³/mol. The van der Waals surface area contributed by atoms with E-state index in [0.717, 1.165) is 23.1 Å². The second kappa shape index (κ2) is 11.3. The standard InChI is InChI=1S/C26H29NO5/c1-18-4-7-21(8-5-18)26(29)32-22-11-9-20(10-12-22)23(28)17-27-15-14-19-6-13-24(30-2)25(16-19)31-3/h4-13,16,23,27-28H,14-15,17H2,1-3H3. The molecule has 0 fully saturated rings. The van der Waals surface area contributed by atoms with Crippen molar-refractivity contribution in [2.24, 2.45) is 0 Å². The third kappa shape index (κ3) is 6.33. The first-order chi connectivity index (χ1) is 15.5. The van der Waals surface area contributed by atoms with Crippen LogP contribution >= 0.6 is 0 Å². The maximum absolute atomic E-state index is 12.2. The van der Waals surface area contributed by atoms with E-state index in [4.69, 9.17) is 14.2 Å². The minimum atomic E-state index is -0.665. The zero-order valence-electron chi connectivity index (χ0n) is 18.6. The van der Waals surface area contributed by atoms with Crippen LogP contribution in [0.1, 0.15) is 33.2 Å². The molecule has 0 radical (unpaired) electrons. The average Bonchev–Trinajstić information content (AvgIpc) is 2.82. The topological polar surface area (TPSA) is 77.0 Å². The van der Waals surface area contributed by atoms with Crippen molar-refractivity contribution in [2.75, 3.05) is 27.3 Å². The number of carbonyl (C=O) groups is 1. The van der Waals surface area contributed by atoms with Gasteiger partial charge >= 0.3 is 5.97 Å². The van der Waals surface area contributed by atoms with E-state index in [9.17, 15) is 9.90 Å². The average molecular weight is 436 g/mol. The van der Waals surface area contributed by atoms with Crippen LogP contribution in [0.5, 0.6) is 17.2 Å². The fourth-order valence-corrected chi connectivity index (χ4v) is 3.24. The van der Waals surface area contributed by atoms with E-state index in [1.54, 1.807) is 50.6 Å². The summed E-state index contributed by atoms with van der Waals surface area (Å²) in [6, 6.07) is 20.0. The van der Waals surface area contributed by atoms with E-state index in [-0.39, 0.29) is 0 Å². The summed E-state index contributed by atoms with van der Waals surface area (Å²) < 4.78 is 16.0. The molecule has 3 rings (SSSR count). The van der Waals surface area contributed by atoms with Crippen LogP contribution in [-0.2, 0) is 6.42 Å². The SMILES string of the molecule is COc1ccc(CCNCC(O)c2ccc(OC(=O)c3ccc(C)cc3)cc2)cc1OC. The smallest absolute Gasteiger partial charge is 0.343 e. The molecular formula is C26H29NO5. The van der Waals surface area contributed by atoms with Gasteiger partial charge in [0, 0.05) is 6.54 Å². The lowest BCUT2D eigenvalue weighted by atomic mass is 10.1. The number of esters is 1. The molecular weight excluding hydrogens is 406 g/mol. The maximum atomic E-state index is 12.2. The van der Waals surface area contributed by atoms with Crippen LogP contribution in [0.25, 0.3) is 0 Å². The summed E-state index contributed by atoms with van der Waals surface area (Å²) in [5.41, 5.74) is 3.44. The number of aliphatic hydroxyl groups is 1. The summed E-state index contributed by atoms with van der Waals surface area (Å²) in [6.07, 6.45) is 0.128. The number of rotatable bonds is 10. The van der Waals surface area contributed by atoms with Crippen molar-refractivity contribution in [3.05, 3.63) is 89.0 Å². The third-order valence-electron chi connectivity index (χ3n) is 5.14. The molecule has 6 heteroatoms. The van der Waals surface area contributed by atoms with Gasteiger partial charge in [0.25, 0.3) is 0 Å². The van der Waals surface area contributed by atoms with E-state index in [1.165, 1.54) is 0 Å². The van der Waals surface area contributed by atoms with Crippen molar-refractivity contribution in [1.82, 2.24) is 5.32 Å². The van der Waals surface area contributed by atoms with Crippen LogP contribution in [0.15, 0.2) is 66.7 Å². The molecule has 0 saturated heterocycles. The Balaban J connectivity index is 1.46. The number of nitrogens with one attached hydrogen (secondary N) is 1. The minimum Gasteiger partial charge on any atom is -0.493 e. The highest BCUT2D eigenvalue weighted by molar-refractivity contribution is 5.91. The number of methoxy groups -OCH3 is 2. The van der Waals surface area contributed by atoms with Gasteiger partial charge in [0.15, 0.2) is 11.5 Å². The van der Waals surface area contributed by atoms with E-state index in [0.29, 0.717) is 35.9 Å². The Hall–Kier alpha value is -3.35. The molecule has 0 bridgehead atoms. The Kier molecular flexibility index (Phi) is 8.25. The molecule has 1 atom stereocenters. The molecule has 1 unspecified atom stereocenters. The van der Waals surface area contributed by atoms with Gasteiger partial charge in [0.05, 0.1) is 25.9 Å². The fraction of sp³-hybridized carbons (Fsp3) is 0.269. The van der Waals surface area contributed by atoms with Gasteiger partial charge < -0.3 is 24.6 Å². The van der Waals surface area contributed by atoms with Gasteiger partial charge in [-0.15, -0.1) is 0 Å². The van der Waals surface area contributed by atoms with Crippen LogP contribution in [0.3, 0.4) is 0 Å². The Morgan fingerprint density at radius 1 is 0.938 bits per heavy atom. The summed E-state index contributed by atoms with van der Waals surface area (Å²) in [5.74, 6) is 1.43. The highest BCUT2D eigenvalue weighted by atomic mass is 16.5. The molecule has 0 aliphatic carbocycles. The minimum absolute atomic E-state index is 0.407. The third-order valence-corrected chi connectivity index (χ3v) is 5.14. The van der Waals surface area contributed by atoms with E-state index < -0.39 is 12.1 Å². The van der Waals surface area contributed by atoms with Gasteiger partial charge in [-0.05, 0) is 67.4 Å². The van der Waals surface area contributed by atoms with Gasteiger partial charge in [0.1, 0.15) is 5.75 Å². The summed E-state index contributed by atoms with van der Waals surface area (Å²) >= 11 is 0. The molecule has 0 aliphatic heterocycles. The van der Waals surface area contributed by atoms with Crippen molar-refractivity contribution in [3.8, 4) is 17.2 Å². The lowest BCUT2D eigenvalue weighted by molar-refractivity contribution is 0.0734. The highest BCUT2D eigenvalue weighted by Gasteiger charge is 2.11. The van der Waals surface area contributed by atoms with Crippen molar-refractivity contribution >= 4 is 5.97 Å². The first-order valence-electron chi connectivity index (χ1n) is 10.5. The van der Waals surface area contributed by atoms with Crippen molar-refractivity contribution in [2.45, 2.75) is 19.4 Å². The van der Waals surface area contributed by atoms with Gasteiger partial charge in [-0.2, -0.15) is 0 Å². The molecule has 3 aromatic rings. The normalized spacial score (nSPS) is 11.6. The van der Waals surface area contributed by atoms with Crippen molar-refractivity contribution in [3.63, 3.8) is 0 Å². The lowest BCUT2D eigenvalue weighted by Crippen LogP contribution is -2.23. The predicted octanol–water partition coefficient (Wildman–Crippen LogP) is 4.10. The highest BCUT2D eigenvalue weighted by Crippen LogP contribution is 2.27. The van der Waals surface area contributed by atoms with Crippen molar-refractivity contribution < 1.29 is 24.1 Å². The molecule has 0 spiro atoms. The Bertz CT molecular complexity index is 1020. The van der Waals surface area contributed by atoms with E-state index in [1.807, 2.05) is 37.3 Å².